The van der Waals surface area contributed by atoms with Gasteiger partial charge in [0, 0.05) is 23.5 Å². The number of carbonyl (C=O) groups is 1. The van der Waals surface area contributed by atoms with Crippen molar-refractivity contribution in [2.45, 2.75) is 18.4 Å². The van der Waals surface area contributed by atoms with Gasteiger partial charge in [0.05, 0.1) is 16.9 Å². The van der Waals surface area contributed by atoms with E-state index in [9.17, 15) is 4.79 Å². The summed E-state index contributed by atoms with van der Waals surface area (Å²) in [6, 6.07) is 4.10. The molecule has 1 spiro atoms. The van der Waals surface area contributed by atoms with Crippen LogP contribution >= 0.6 is 22.7 Å². The number of anilines is 1. The van der Waals surface area contributed by atoms with Crippen LogP contribution in [0.3, 0.4) is 0 Å². The maximum atomic E-state index is 12.5. The van der Waals surface area contributed by atoms with Crippen LogP contribution in [0.25, 0.3) is 9.75 Å². The van der Waals surface area contributed by atoms with Crippen molar-refractivity contribution in [1.29, 1.82) is 0 Å². The van der Waals surface area contributed by atoms with Gasteiger partial charge in [-0.25, -0.2) is 4.79 Å². The highest BCUT2D eigenvalue weighted by atomic mass is 32.1. The van der Waals surface area contributed by atoms with E-state index in [1.165, 1.54) is 0 Å². The summed E-state index contributed by atoms with van der Waals surface area (Å²) in [6.45, 7) is 3.89. The molecule has 6 heterocycles. The molecule has 2 aromatic rings. The lowest BCUT2D eigenvalue weighted by atomic mass is 9.75. The number of hydrogen-bond donors (Lipinski definition) is 0. The fourth-order valence-electron chi connectivity index (χ4n) is 4.12. The summed E-state index contributed by atoms with van der Waals surface area (Å²) in [5, 5.41) is 0.978. The minimum absolute atomic E-state index is 0.184. The summed E-state index contributed by atoms with van der Waals surface area (Å²) in [7, 11) is 0. The molecule has 7 heteroatoms. The van der Waals surface area contributed by atoms with Crippen LogP contribution < -0.4 is 4.90 Å². The average molecular weight is 347 g/mol. The molecule has 6 rings (SSSR count). The molecule has 4 aliphatic rings. The van der Waals surface area contributed by atoms with Crippen molar-refractivity contribution < 1.29 is 9.53 Å². The molecule has 0 saturated carbocycles. The monoisotopic (exact) mass is 347 g/mol. The summed E-state index contributed by atoms with van der Waals surface area (Å²) in [6.07, 6.45) is 3.99. The molecule has 4 aliphatic heterocycles. The molecular formula is C16H17N3O2S2. The molecule has 2 bridgehead atoms. The van der Waals surface area contributed by atoms with Crippen molar-refractivity contribution in [3.63, 3.8) is 0 Å². The van der Waals surface area contributed by atoms with Crippen LogP contribution in [0.4, 0.5) is 9.80 Å². The number of hydrogen-bond acceptors (Lipinski definition) is 6. The third kappa shape index (κ3) is 2.14. The average Bonchev–Trinajstić information content (AvgIpc) is 3.28. The second-order valence-electron chi connectivity index (χ2n) is 6.57. The van der Waals surface area contributed by atoms with E-state index >= 15 is 0 Å². The van der Waals surface area contributed by atoms with Crippen molar-refractivity contribution in [3.05, 3.63) is 23.8 Å². The SMILES string of the molecule is O=C1O[C@]2(CN3CCC2CC3)CN1c1ccc(-c2cncs2)s1. The van der Waals surface area contributed by atoms with E-state index in [-0.39, 0.29) is 11.7 Å². The Morgan fingerprint density at radius 1 is 1.22 bits per heavy atom. The number of rotatable bonds is 2. The smallest absolute Gasteiger partial charge is 0.415 e. The highest BCUT2D eigenvalue weighted by molar-refractivity contribution is 7.23. The number of ether oxygens (including phenoxy) is 1. The van der Waals surface area contributed by atoms with E-state index in [1.54, 1.807) is 22.7 Å². The highest BCUT2D eigenvalue weighted by Crippen LogP contribution is 2.45. The zero-order valence-electron chi connectivity index (χ0n) is 12.6. The largest absolute Gasteiger partial charge is 0.439 e. The Morgan fingerprint density at radius 2 is 2.09 bits per heavy atom. The molecule has 0 aromatic carbocycles. The molecule has 0 aliphatic carbocycles. The lowest BCUT2D eigenvalue weighted by molar-refractivity contribution is -0.0881. The predicted molar refractivity (Wildman–Crippen MR) is 91.1 cm³/mol. The third-order valence-corrected chi connectivity index (χ3v) is 7.37. The minimum atomic E-state index is -0.289. The Balaban J connectivity index is 1.43. The van der Waals surface area contributed by atoms with Gasteiger partial charge in [0.25, 0.3) is 0 Å². The van der Waals surface area contributed by atoms with Crippen molar-refractivity contribution in [2.24, 2.45) is 5.92 Å². The number of carbonyl (C=O) groups excluding carboxylic acids is 1. The number of aromatic nitrogens is 1. The molecule has 120 valence electrons. The van der Waals surface area contributed by atoms with E-state index in [4.69, 9.17) is 4.74 Å². The van der Waals surface area contributed by atoms with Gasteiger partial charge in [-0.05, 0) is 38.1 Å². The topological polar surface area (TPSA) is 45.7 Å². The molecule has 4 fully saturated rings. The normalized spacial score (nSPS) is 32.7. The molecule has 1 atom stereocenters. The number of piperidine rings is 3. The van der Waals surface area contributed by atoms with E-state index in [0.717, 1.165) is 47.2 Å². The molecule has 2 aromatic heterocycles. The lowest BCUT2D eigenvalue weighted by Gasteiger charge is -2.49. The van der Waals surface area contributed by atoms with E-state index in [2.05, 4.69) is 16.0 Å². The van der Waals surface area contributed by atoms with Gasteiger partial charge in [0.15, 0.2) is 0 Å². The van der Waals surface area contributed by atoms with Crippen LogP contribution in [-0.4, -0.2) is 47.8 Å². The Bertz CT molecular complexity index is 736. The van der Waals surface area contributed by atoms with E-state index < -0.39 is 0 Å². The van der Waals surface area contributed by atoms with Gasteiger partial charge in [0.1, 0.15) is 10.6 Å². The van der Waals surface area contributed by atoms with Gasteiger partial charge < -0.3 is 4.74 Å². The first-order valence-electron chi connectivity index (χ1n) is 7.95. The minimum Gasteiger partial charge on any atom is -0.439 e. The zero-order chi connectivity index (χ0) is 15.4. The number of amides is 1. The van der Waals surface area contributed by atoms with E-state index in [1.807, 2.05) is 22.7 Å². The third-order valence-electron chi connectivity index (χ3n) is 5.29. The molecule has 4 saturated heterocycles. The molecule has 23 heavy (non-hydrogen) atoms. The Hall–Kier alpha value is -1.44. The Labute approximate surface area is 142 Å². The second kappa shape index (κ2) is 5.03. The zero-order valence-corrected chi connectivity index (χ0v) is 14.2. The van der Waals surface area contributed by atoms with Crippen molar-refractivity contribution in [2.75, 3.05) is 31.1 Å². The first-order chi connectivity index (χ1) is 11.2. The standard InChI is InChI=1S/C16H17N3O2S2/c20-15-19(14-2-1-12(23-14)13-7-17-10-22-13)9-16(21-15)8-18-5-3-11(16)4-6-18/h1-2,7,10-11H,3-6,8-9H2/t16-/m1/s1. The molecule has 5 nitrogen and oxygen atoms in total. The van der Waals surface area contributed by atoms with Gasteiger partial charge in [-0.15, -0.1) is 22.7 Å². The first kappa shape index (κ1) is 13.9. The van der Waals surface area contributed by atoms with Crippen LogP contribution in [0, 0.1) is 5.92 Å². The molecule has 0 radical (unpaired) electrons. The molecular weight excluding hydrogens is 330 g/mol. The maximum absolute atomic E-state index is 12.5. The Kier molecular flexibility index (Phi) is 3.05. The summed E-state index contributed by atoms with van der Waals surface area (Å²) in [5.41, 5.74) is 1.54. The Morgan fingerprint density at radius 3 is 2.78 bits per heavy atom. The number of thiophene rings is 1. The number of fused-ring (bicyclic) bond motifs is 2. The summed E-state index contributed by atoms with van der Waals surface area (Å²) in [5.74, 6) is 0.516. The quantitative estimate of drug-likeness (QED) is 0.836. The van der Waals surface area contributed by atoms with Crippen LogP contribution in [0.1, 0.15) is 12.8 Å². The lowest BCUT2D eigenvalue weighted by Crippen LogP contribution is -2.61. The van der Waals surface area contributed by atoms with Crippen molar-refractivity contribution in [1.82, 2.24) is 9.88 Å². The fourth-order valence-corrected chi connectivity index (χ4v) is 5.83. The van der Waals surface area contributed by atoms with Crippen LogP contribution in [-0.2, 0) is 4.74 Å². The highest BCUT2D eigenvalue weighted by Gasteiger charge is 2.55. The predicted octanol–water partition coefficient (Wildman–Crippen LogP) is 3.29. The van der Waals surface area contributed by atoms with Gasteiger partial charge in [-0.3, -0.25) is 14.8 Å². The van der Waals surface area contributed by atoms with Gasteiger partial charge >= 0.3 is 6.09 Å². The van der Waals surface area contributed by atoms with E-state index in [0.29, 0.717) is 12.5 Å². The van der Waals surface area contributed by atoms with Crippen LogP contribution in [0.15, 0.2) is 23.8 Å². The van der Waals surface area contributed by atoms with Crippen molar-refractivity contribution in [3.8, 4) is 9.75 Å². The van der Waals surface area contributed by atoms with Gasteiger partial charge in [0.2, 0.25) is 0 Å². The second-order valence-corrected chi connectivity index (χ2v) is 8.52. The van der Waals surface area contributed by atoms with Crippen LogP contribution in [0.5, 0.6) is 0 Å². The van der Waals surface area contributed by atoms with Gasteiger partial charge in [-0.1, -0.05) is 0 Å². The van der Waals surface area contributed by atoms with Gasteiger partial charge in [-0.2, -0.15) is 0 Å². The van der Waals surface area contributed by atoms with Crippen molar-refractivity contribution >= 4 is 33.8 Å². The summed E-state index contributed by atoms with van der Waals surface area (Å²) < 4.78 is 5.93. The molecule has 1 amide bonds. The number of thiazole rings is 1. The van der Waals surface area contributed by atoms with Crippen LogP contribution in [0.2, 0.25) is 0 Å². The molecule has 0 unspecified atom stereocenters. The fraction of sp³-hybridized carbons (Fsp3) is 0.500. The molecule has 0 N–H and O–H groups in total. The summed E-state index contributed by atoms with van der Waals surface area (Å²) in [4.78, 5) is 23.2. The number of nitrogens with zero attached hydrogens (tertiary/aromatic N) is 3. The maximum Gasteiger partial charge on any atom is 0.415 e. The summed E-state index contributed by atoms with van der Waals surface area (Å²) >= 11 is 3.26. The first-order valence-corrected chi connectivity index (χ1v) is 9.65.